The van der Waals surface area contributed by atoms with Gasteiger partial charge >= 0.3 is 6.09 Å². The van der Waals surface area contributed by atoms with Crippen LogP contribution in [-0.2, 0) is 4.74 Å². The average Bonchev–Trinajstić information content (AvgIpc) is 2.93. The highest BCUT2D eigenvalue weighted by Crippen LogP contribution is 2.29. The number of hydrogen-bond acceptors (Lipinski definition) is 9. The first-order chi connectivity index (χ1) is 18.8. The Hall–Kier alpha value is -4.70. The van der Waals surface area contributed by atoms with E-state index in [1.165, 1.54) is 19.4 Å². The van der Waals surface area contributed by atoms with E-state index in [9.17, 15) is 19.6 Å². The van der Waals surface area contributed by atoms with E-state index < -0.39 is 29.8 Å². The predicted molar refractivity (Wildman–Crippen MR) is 139 cm³/mol. The number of pyridine rings is 2. The molecule has 11 nitrogen and oxygen atoms in total. The Balaban J connectivity index is 1.63. The molecule has 0 unspecified atom stereocenters. The summed E-state index contributed by atoms with van der Waals surface area (Å²) in [6.07, 6.45) is 0.139. The molecular formula is C26H27F2N7O4. The van der Waals surface area contributed by atoms with Gasteiger partial charge in [0.05, 0.1) is 49.9 Å². The smallest absolute Gasteiger partial charge is 0.404 e. The average molecular weight is 540 g/mol. The van der Waals surface area contributed by atoms with Gasteiger partial charge in [0.2, 0.25) is 0 Å². The number of nitrogens with one attached hydrogen (secondary N) is 3. The first kappa shape index (κ1) is 27.3. The van der Waals surface area contributed by atoms with E-state index in [4.69, 9.17) is 9.47 Å². The van der Waals surface area contributed by atoms with Gasteiger partial charge in [-0.05, 0) is 30.7 Å². The number of anilines is 4. The molecule has 0 aliphatic carbocycles. The first-order valence-electron chi connectivity index (χ1n) is 12.0. The summed E-state index contributed by atoms with van der Waals surface area (Å²) >= 11 is 0. The second kappa shape index (κ2) is 12.2. The largest absolute Gasteiger partial charge is 0.497 e. The number of amides is 1. The van der Waals surface area contributed by atoms with Crippen LogP contribution in [0.25, 0.3) is 0 Å². The lowest BCUT2D eigenvalue weighted by atomic mass is 10.00. The number of morpholine rings is 1. The molecule has 2 aromatic heterocycles. The lowest BCUT2D eigenvalue weighted by Crippen LogP contribution is -2.39. The number of aromatic nitrogens is 2. The van der Waals surface area contributed by atoms with Crippen LogP contribution in [0.15, 0.2) is 42.6 Å². The number of carbonyl (C=O) groups is 1. The molecule has 2 atom stereocenters. The maximum atomic E-state index is 15.1. The monoisotopic (exact) mass is 539 g/mol. The summed E-state index contributed by atoms with van der Waals surface area (Å²) in [5.41, 5.74) is 0.717. The van der Waals surface area contributed by atoms with Gasteiger partial charge in [0, 0.05) is 19.2 Å². The van der Waals surface area contributed by atoms with Crippen LogP contribution in [0.4, 0.5) is 36.7 Å². The Labute approximate surface area is 223 Å². The third-order valence-electron chi connectivity index (χ3n) is 6.11. The van der Waals surface area contributed by atoms with Crippen molar-refractivity contribution in [2.24, 2.45) is 0 Å². The SMILES string of the molecule is COc1ccc([C@@H](Nc2nc(Nc3cnc(N4CCOCC4)c(F)c3)c(C#N)cc2F)[C@H](C)NC(=O)O)cc1. The quantitative estimate of drug-likeness (QED) is 0.315. The van der Waals surface area contributed by atoms with Crippen LogP contribution in [0.5, 0.6) is 5.75 Å². The van der Waals surface area contributed by atoms with Crippen LogP contribution >= 0.6 is 0 Å². The van der Waals surface area contributed by atoms with Crippen LogP contribution < -0.4 is 25.6 Å². The lowest BCUT2D eigenvalue weighted by Gasteiger charge is -2.28. The highest BCUT2D eigenvalue weighted by atomic mass is 19.1. The summed E-state index contributed by atoms with van der Waals surface area (Å²) in [4.78, 5) is 21.5. The molecule has 4 rings (SSSR count). The molecule has 3 aromatic rings. The molecule has 1 saturated heterocycles. The van der Waals surface area contributed by atoms with Crippen molar-refractivity contribution in [1.82, 2.24) is 15.3 Å². The van der Waals surface area contributed by atoms with Crippen molar-refractivity contribution in [3.63, 3.8) is 0 Å². The van der Waals surface area contributed by atoms with Crippen molar-refractivity contribution in [2.75, 3.05) is 48.9 Å². The van der Waals surface area contributed by atoms with Crippen molar-refractivity contribution in [2.45, 2.75) is 19.0 Å². The van der Waals surface area contributed by atoms with Crippen LogP contribution in [0.2, 0.25) is 0 Å². The molecule has 39 heavy (non-hydrogen) atoms. The van der Waals surface area contributed by atoms with Crippen molar-refractivity contribution in [3.05, 3.63) is 65.4 Å². The summed E-state index contributed by atoms with van der Waals surface area (Å²) in [6.45, 7) is 3.57. The van der Waals surface area contributed by atoms with E-state index in [1.807, 2.05) is 6.07 Å². The number of nitrogens with zero attached hydrogens (tertiary/aromatic N) is 4. The molecule has 1 aliphatic rings. The fraction of sp³-hybridized carbons (Fsp3) is 0.308. The third-order valence-corrected chi connectivity index (χ3v) is 6.11. The summed E-state index contributed by atoms with van der Waals surface area (Å²) in [5, 5.41) is 27.0. The van der Waals surface area contributed by atoms with Gasteiger partial charge in [-0.2, -0.15) is 5.26 Å². The van der Waals surface area contributed by atoms with Gasteiger partial charge in [-0.15, -0.1) is 0 Å². The molecule has 1 aromatic carbocycles. The molecule has 0 saturated carbocycles. The zero-order valence-corrected chi connectivity index (χ0v) is 21.2. The summed E-state index contributed by atoms with van der Waals surface area (Å²) in [7, 11) is 1.52. The number of ether oxygens (including phenoxy) is 2. The molecule has 1 amide bonds. The van der Waals surface area contributed by atoms with Crippen molar-refractivity contribution < 1.29 is 28.2 Å². The van der Waals surface area contributed by atoms with Gasteiger partial charge < -0.3 is 35.4 Å². The fourth-order valence-electron chi connectivity index (χ4n) is 4.15. The first-order valence-corrected chi connectivity index (χ1v) is 12.0. The highest BCUT2D eigenvalue weighted by molar-refractivity contribution is 5.67. The molecule has 3 heterocycles. The molecule has 4 N–H and O–H groups in total. The van der Waals surface area contributed by atoms with Gasteiger partial charge in [0.15, 0.2) is 29.1 Å². The van der Waals surface area contributed by atoms with Gasteiger partial charge in [-0.1, -0.05) is 12.1 Å². The zero-order valence-electron chi connectivity index (χ0n) is 21.2. The van der Waals surface area contributed by atoms with Crippen molar-refractivity contribution >= 4 is 29.2 Å². The number of carboxylic acid groups (broad SMARTS) is 1. The molecule has 1 aliphatic heterocycles. The van der Waals surface area contributed by atoms with E-state index >= 15 is 4.39 Å². The molecule has 0 bridgehead atoms. The topological polar surface area (TPSA) is 145 Å². The van der Waals surface area contributed by atoms with Gasteiger partial charge in [-0.3, -0.25) is 0 Å². The van der Waals surface area contributed by atoms with Crippen LogP contribution in [-0.4, -0.2) is 60.6 Å². The maximum Gasteiger partial charge on any atom is 0.404 e. The Morgan fingerprint density at radius 2 is 1.90 bits per heavy atom. The molecule has 0 radical (unpaired) electrons. The van der Waals surface area contributed by atoms with E-state index in [1.54, 1.807) is 36.1 Å². The minimum absolute atomic E-state index is 0.0333. The standard InChI is InChI=1S/C26H27F2N7O4/c1-15(31-26(36)37)22(16-3-5-19(38-2)6-4-16)33-24-20(27)11-17(13-29)23(34-24)32-18-12-21(28)25(30-14-18)35-7-9-39-10-8-35/h3-6,11-12,14-15,22,31H,7-10H2,1-2H3,(H,36,37)(H2,32,33,34)/t15-,22-/m0/s1. The molecule has 1 fully saturated rings. The molecular weight excluding hydrogens is 512 g/mol. The van der Waals surface area contributed by atoms with Crippen LogP contribution in [0.1, 0.15) is 24.1 Å². The Kier molecular flexibility index (Phi) is 8.57. The van der Waals surface area contributed by atoms with Gasteiger partial charge in [-0.25, -0.2) is 23.5 Å². The number of methoxy groups -OCH3 is 1. The number of nitriles is 1. The number of rotatable bonds is 9. The Morgan fingerprint density at radius 3 is 2.51 bits per heavy atom. The minimum atomic E-state index is -1.26. The zero-order chi connectivity index (χ0) is 27.9. The minimum Gasteiger partial charge on any atom is -0.497 e. The van der Waals surface area contributed by atoms with E-state index in [0.29, 0.717) is 37.6 Å². The van der Waals surface area contributed by atoms with Crippen molar-refractivity contribution in [3.8, 4) is 11.8 Å². The van der Waals surface area contributed by atoms with Crippen molar-refractivity contribution in [1.29, 1.82) is 5.26 Å². The molecule has 13 heteroatoms. The van der Waals surface area contributed by atoms with E-state index in [2.05, 4.69) is 25.9 Å². The Bertz CT molecular complexity index is 1360. The lowest BCUT2D eigenvalue weighted by molar-refractivity contribution is 0.122. The Morgan fingerprint density at radius 1 is 1.18 bits per heavy atom. The summed E-state index contributed by atoms with van der Waals surface area (Å²) in [5.74, 6) is -0.907. The highest BCUT2D eigenvalue weighted by Gasteiger charge is 2.24. The number of benzene rings is 1. The second-order valence-electron chi connectivity index (χ2n) is 8.71. The second-order valence-corrected chi connectivity index (χ2v) is 8.71. The molecule has 204 valence electrons. The maximum absolute atomic E-state index is 15.1. The van der Waals surface area contributed by atoms with Crippen LogP contribution in [0.3, 0.4) is 0 Å². The van der Waals surface area contributed by atoms with Crippen LogP contribution in [0, 0.1) is 23.0 Å². The van der Waals surface area contributed by atoms with E-state index in [0.717, 1.165) is 6.07 Å². The fourth-order valence-corrected chi connectivity index (χ4v) is 4.15. The summed E-state index contributed by atoms with van der Waals surface area (Å²) in [6, 6.07) is 9.42. The third kappa shape index (κ3) is 6.60. The predicted octanol–water partition coefficient (Wildman–Crippen LogP) is 4.02. The normalized spacial score (nSPS) is 14.6. The van der Waals surface area contributed by atoms with Gasteiger partial charge in [0.25, 0.3) is 0 Å². The molecule has 0 spiro atoms. The van der Waals surface area contributed by atoms with E-state index in [-0.39, 0.29) is 28.7 Å². The number of halogens is 2. The number of hydrogen-bond donors (Lipinski definition) is 4. The summed E-state index contributed by atoms with van der Waals surface area (Å²) < 4.78 is 40.4. The van der Waals surface area contributed by atoms with Gasteiger partial charge in [0.1, 0.15) is 11.8 Å².